The maximum atomic E-state index is 15.2. The monoisotopic (exact) mass is 683 g/mol. The van der Waals surface area contributed by atoms with Gasteiger partial charge in [0.25, 0.3) is 5.91 Å². The second-order valence-electron chi connectivity index (χ2n) is 16.8. The van der Waals surface area contributed by atoms with Gasteiger partial charge in [-0.25, -0.2) is 13.1 Å². The summed E-state index contributed by atoms with van der Waals surface area (Å²) in [6.07, 6.45) is 12.4. The number of nitrogens with zero attached hydrogens (tertiary/aromatic N) is 1. The van der Waals surface area contributed by atoms with Gasteiger partial charge in [-0.15, -0.1) is 0 Å². The number of sulfonamides is 1. The Labute approximate surface area is 289 Å². The average Bonchev–Trinajstić information content (AvgIpc) is 3.25. The van der Waals surface area contributed by atoms with E-state index in [1.54, 1.807) is 27.0 Å². The van der Waals surface area contributed by atoms with Crippen molar-refractivity contribution in [2.75, 3.05) is 20.2 Å². The number of methoxy groups -OCH3 is 1. The summed E-state index contributed by atoms with van der Waals surface area (Å²) in [6, 6.07) is 12.1. The molecule has 3 heterocycles. The molecule has 8 nitrogen and oxygen atoms in total. The summed E-state index contributed by atoms with van der Waals surface area (Å²) in [5, 5.41) is 4.09. The van der Waals surface area contributed by atoms with E-state index in [-0.39, 0.29) is 22.7 Å². The number of fused-ring (bicyclic) bond motifs is 7. The number of ether oxygens (including phenoxy) is 1. The smallest absolute Gasteiger partial charge is 0.264 e. The Morgan fingerprint density at radius 3 is 2.39 bits per heavy atom. The van der Waals surface area contributed by atoms with Gasteiger partial charge in [0.1, 0.15) is 11.5 Å². The average molecular weight is 684 g/mol. The molecule has 4 saturated carbocycles. The Hall–Kier alpha value is -3.17. The maximum Gasteiger partial charge on any atom is 0.264 e. The van der Waals surface area contributed by atoms with Crippen LogP contribution in [0.5, 0.6) is 5.75 Å². The quantitative estimate of drug-likeness (QED) is 0.276. The number of aromatic nitrogens is 1. The molecule has 6 aliphatic rings. The van der Waals surface area contributed by atoms with Gasteiger partial charge in [-0.3, -0.25) is 9.59 Å². The van der Waals surface area contributed by atoms with Crippen LogP contribution in [0, 0.1) is 22.2 Å². The summed E-state index contributed by atoms with van der Waals surface area (Å²) >= 11 is 0. The molecule has 1 saturated heterocycles. The van der Waals surface area contributed by atoms with Gasteiger partial charge in [-0.05, 0) is 117 Å². The number of hydrogen-bond acceptors (Lipinski definition) is 6. The van der Waals surface area contributed by atoms with Gasteiger partial charge in [0, 0.05) is 53.5 Å². The first kappa shape index (κ1) is 31.8. The molecule has 1 amide bonds. The van der Waals surface area contributed by atoms with Gasteiger partial charge in [0.15, 0.2) is 0 Å². The van der Waals surface area contributed by atoms with Crippen LogP contribution in [0.4, 0.5) is 0 Å². The highest BCUT2D eigenvalue weighted by Crippen LogP contribution is 2.71. The highest BCUT2D eigenvalue weighted by atomic mass is 32.2. The minimum Gasteiger partial charge on any atom is -0.497 e. The van der Waals surface area contributed by atoms with Gasteiger partial charge < -0.3 is 14.6 Å². The van der Waals surface area contributed by atoms with Crippen molar-refractivity contribution in [1.82, 2.24) is 14.6 Å². The SMILES string of the molecule is COc1ccc2c(c1)[C@@H]1C[C@]1(C(=O)C1CC34CCCC3(CNC4)C1)Cn1c-2c(C2CCCCC2)c2ccc(C(=O)NS(=O)(=O)C(C)C)cc21. The number of amides is 1. The van der Waals surface area contributed by atoms with Crippen molar-refractivity contribution in [3.05, 3.63) is 53.1 Å². The zero-order chi connectivity index (χ0) is 33.9. The Bertz CT molecular complexity index is 1980. The molecule has 2 aromatic carbocycles. The molecule has 9 heteroatoms. The number of benzene rings is 2. The van der Waals surface area contributed by atoms with Crippen LogP contribution in [-0.2, 0) is 21.4 Å². The molecule has 0 radical (unpaired) electrons. The lowest BCUT2D eigenvalue weighted by molar-refractivity contribution is -0.129. The predicted octanol–water partition coefficient (Wildman–Crippen LogP) is 7.06. The van der Waals surface area contributed by atoms with E-state index in [4.69, 9.17) is 4.74 Å². The molecule has 2 unspecified atom stereocenters. The summed E-state index contributed by atoms with van der Waals surface area (Å²) in [4.78, 5) is 28.6. The topological polar surface area (TPSA) is 106 Å². The highest BCUT2D eigenvalue weighted by molar-refractivity contribution is 7.90. The van der Waals surface area contributed by atoms with Crippen molar-refractivity contribution in [3.8, 4) is 17.0 Å². The number of rotatable bonds is 7. The van der Waals surface area contributed by atoms with Crippen LogP contribution in [0.3, 0.4) is 0 Å². The van der Waals surface area contributed by atoms with Crippen molar-refractivity contribution in [2.45, 2.75) is 108 Å². The standard InChI is InChI=1S/C40H49N3O5S/c1-24(2)49(46,47)42-37(45)26-10-12-30-33(16-26)43-23-40(36(44)27-18-38-14-7-15-39(38,19-27)22-41-21-38)20-32(40)31-17-28(48-3)11-13-29(31)35(43)34(30)25-8-5-4-6-9-25/h10-13,16-17,24-25,27,32,41H,4-9,14-15,18-23H2,1-3H3,(H,42,45)/t27?,32-,38?,39?,40-/m0/s1. The van der Waals surface area contributed by atoms with Gasteiger partial charge in [-0.2, -0.15) is 0 Å². The fraction of sp³-hybridized carbons (Fsp3) is 0.600. The van der Waals surface area contributed by atoms with E-state index < -0.39 is 26.6 Å². The zero-order valence-corrected chi connectivity index (χ0v) is 29.9. The first-order chi connectivity index (χ1) is 23.5. The molecule has 49 heavy (non-hydrogen) atoms. The lowest BCUT2D eigenvalue weighted by Gasteiger charge is -2.32. The number of carbonyl (C=O) groups is 2. The van der Waals surface area contributed by atoms with Crippen molar-refractivity contribution < 1.29 is 22.7 Å². The van der Waals surface area contributed by atoms with E-state index in [0.717, 1.165) is 61.8 Å². The molecule has 4 atom stereocenters. The fourth-order valence-corrected chi connectivity index (χ4v) is 12.2. The molecule has 5 fully saturated rings. The molecule has 2 aliphatic heterocycles. The van der Waals surface area contributed by atoms with Gasteiger partial charge in [-0.1, -0.05) is 31.7 Å². The lowest BCUT2D eigenvalue weighted by atomic mass is 9.71. The van der Waals surface area contributed by atoms with Gasteiger partial charge in [0.05, 0.1) is 23.5 Å². The number of nitrogens with one attached hydrogen (secondary N) is 2. The fourth-order valence-electron chi connectivity index (χ4n) is 11.6. The number of Topliss-reactive ketones (excluding diaryl/α,β-unsaturated/α-hetero) is 1. The molecule has 2 N–H and O–H groups in total. The summed E-state index contributed by atoms with van der Waals surface area (Å²) in [7, 11) is -2.08. The van der Waals surface area contributed by atoms with Crippen LogP contribution in [0.1, 0.15) is 118 Å². The zero-order valence-electron chi connectivity index (χ0n) is 29.1. The third-order valence-corrected chi connectivity index (χ3v) is 15.8. The first-order valence-corrected chi connectivity index (χ1v) is 20.2. The Kier molecular flexibility index (Phi) is 7.08. The summed E-state index contributed by atoms with van der Waals surface area (Å²) in [5.74, 6) is 1.21. The number of ketones is 1. The molecule has 9 rings (SSSR count). The van der Waals surface area contributed by atoms with Crippen LogP contribution in [0.25, 0.3) is 22.2 Å². The second-order valence-corrected chi connectivity index (χ2v) is 19.0. The second kappa shape index (κ2) is 10.9. The molecular formula is C40H49N3O5S. The van der Waals surface area contributed by atoms with E-state index >= 15 is 4.79 Å². The Morgan fingerprint density at radius 2 is 1.69 bits per heavy atom. The van der Waals surface area contributed by atoms with E-state index in [1.165, 1.54) is 60.9 Å². The molecule has 0 spiro atoms. The van der Waals surface area contributed by atoms with E-state index in [2.05, 4.69) is 26.7 Å². The third-order valence-electron chi connectivity index (χ3n) is 14.1. The van der Waals surface area contributed by atoms with E-state index in [9.17, 15) is 13.2 Å². The normalized spacial score (nSPS) is 31.8. The third kappa shape index (κ3) is 4.52. The van der Waals surface area contributed by atoms with Gasteiger partial charge in [0.2, 0.25) is 10.0 Å². The van der Waals surface area contributed by atoms with Crippen LogP contribution < -0.4 is 14.8 Å². The molecule has 0 bridgehead atoms. The first-order valence-electron chi connectivity index (χ1n) is 18.7. The molecule has 260 valence electrons. The number of carbonyl (C=O) groups excluding carboxylic acids is 2. The summed E-state index contributed by atoms with van der Waals surface area (Å²) in [5.41, 5.74) is 6.13. The molecular weight excluding hydrogens is 635 g/mol. The Balaban J connectivity index is 1.21. The van der Waals surface area contributed by atoms with Crippen molar-refractivity contribution in [2.24, 2.45) is 22.2 Å². The van der Waals surface area contributed by atoms with Crippen LogP contribution >= 0.6 is 0 Å². The number of hydrogen-bond donors (Lipinski definition) is 2. The van der Waals surface area contributed by atoms with E-state index in [0.29, 0.717) is 23.8 Å². The summed E-state index contributed by atoms with van der Waals surface area (Å²) in [6.45, 7) is 5.80. The Morgan fingerprint density at radius 1 is 0.959 bits per heavy atom. The molecule has 3 aromatic rings. The van der Waals surface area contributed by atoms with Crippen molar-refractivity contribution >= 4 is 32.6 Å². The highest BCUT2D eigenvalue weighted by Gasteiger charge is 2.69. The largest absolute Gasteiger partial charge is 0.497 e. The lowest BCUT2D eigenvalue weighted by Crippen LogP contribution is -2.35. The molecule has 1 aromatic heterocycles. The molecule has 4 aliphatic carbocycles. The van der Waals surface area contributed by atoms with Crippen LogP contribution in [0.15, 0.2) is 36.4 Å². The van der Waals surface area contributed by atoms with Crippen molar-refractivity contribution in [1.29, 1.82) is 0 Å². The summed E-state index contributed by atoms with van der Waals surface area (Å²) < 4.78 is 35.9. The van der Waals surface area contributed by atoms with Crippen molar-refractivity contribution in [3.63, 3.8) is 0 Å². The van der Waals surface area contributed by atoms with E-state index in [1.807, 2.05) is 18.2 Å². The van der Waals surface area contributed by atoms with Gasteiger partial charge >= 0.3 is 0 Å². The van der Waals surface area contributed by atoms with Crippen LogP contribution in [-0.4, -0.2) is 50.1 Å². The maximum absolute atomic E-state index is 15.2. The van der Waals surface area contributed by atoms with Crippen LogP contribution in [0.2, 0.25) is 0 Å². The predicted molar refractivity (Wildman–Crippen MR) is 190 cm³/mol. The minimum atomic E-state index is -3.79. The minimum absolute atomic E-state index is 0.0743.